The molecule has 0 unspecified atom stereocenters. The number of pyridine rings is 2. The maximum Gasteiger partial charge on any atom is 0.275 e. The Morgan fingerprint density at radius 2 is 2.06 bits per heavy atom. The number of hydrogen-bond donors (Lipinski definition) is 1. The van der Waals surface area contributed by atoms with Crippen LogP contribution in [0.5, 0.6) is 0 Å². The van der Waals surface area contributed by atoms with Gasteiger partial charge >= 0.3 is 0 Å². The van der Waals surface area contributed by atoms with E-state index in [1.54, 1.807) is 19.1 Å². The van der Waals surface area contributed by atoms with E-state index in [0.29, 0.717) is 5.82 Å². The van der Waals surface area contributed by atoms with E-state index in [4.69, 9.17) is 0 Å². The van der Waals surface area contributed by atoms with Crippen LogP contribution in [0.25, 0.3) is 0 Å². The van der Waals surface area contributed by atoms with Crippen molar-refractivity contribution in [3.63, 3.8) is 0 Å². The highest BCUT2D eigenvalue weighted by molar-refractivity contribution is 9.10. The molecule has 0 bridgehead atoms. The minimum Gasteiger partial charge on any atom is -0.305 e. The van der Waals surface area contributed by atoms with Crippen molar-refractivity contribution in [3.8, 4) is 0 Å². The molecule has 18 heavy (non-hydrogen) atoms. The number of rotatable bonds is 2. The molecular weight excluding hydrogens is 301 g/mol. The van der Waals surface area contributed by atoms with E-state index in [-0.39, 0.29) is 5.69 Å². The van der Waals surface area contributed by atoms with Gasteiger partial charge in [-0.25, -0.2) is 9.97 Å². The van der Waals surface area contributed by atoms with Crippen LogP contribution in [0.3, 0.4) is 0 Å². The summed E-state index contributed by atoms with van der Waals surface area (Å²) in [4.78, 5) is 19.4. The Hall–Kier alpha value is -1.82. The van der Waals surface area contributed by atoms with E-state index in [2.05, 4.69) is 31.2 Å². The van der Waals surface area contributed by atoms with Gasteiger partial charge in [0, 0.05) is 4.47 Å². The zero-order chi connectivity index (χ0) is 13.1. The first-order valence-corrected chi connectivity index (χ1v) is 5.92. The largest absolute Gasteiger partial charge is 0.305 e. The molecule has 2 heterocycles. The number of aromatic nitrogens is 2. The summed E-state index contributed by atoms with van der Waals surface area (Å²) >= 11 is 3.31. The van der Waals surface area contributed by atoms with Crippen LogP contribution in [0.1, 0.15) is 16.2 Å². The first kappa shape index (κ1) is 12.6. The average Bonchev–Trinajstić information content (AvgIpc) is 2.34. The Morgan fingerprint density at radius 1 is 1.28 bits per heavy atom. The monoisotopic (exact) mass is 309 g/mol. The van der Waals surface area contributed by atoms with Crippen LogP contribution in [0.4, 0.5) is 10.2 Å². The van der Waals surface area contributed by atoms with E-state index < -0.39 is 11.9 Å². The summed E-state index contributed by atoms with van der Waals surface area (Å²) in [7, 11) is 0. The molecule has 0 fully saturated rings. The number of nitrogens with one attached hydrogen (secondary N) is 1. The third-order valence-corrected chi connectivity index (χ3v) is 3.05. The SMILES string of the molecule is Cc1nc(NC(=O)c2cccc(F)n2)ccc1Br. The second-order valence-corrected chi connectivity index (χ2v) is 4.42. The Labute approximate surface area is 111 Å². The van der Waals surface area contributed by atoms with Crippen molar-refractivity contribution < 1.29 is 9.18 Å². The van der Waals surface area contributed by atoms with E-state index in [1.807, 2.05) is 0 Å². The predicted molar refractivity (Wildman–Crippen MR) is 68.8 cm³/mol. The van der Waals surface area contributed by atoms with Crippen LogP contribution in [0.15, 0.2) is 34.8 Å². The highest BCUT2D eigenvalue weighted by Gasteiger charge is 2.09. The van der Waals surface area contributed by atoms with Crippen LogP contribution in [-0.2, 0) is 0 Å². The minimum atomic E-state index is -0.692. The van der Waals surface area contributed by atoms with E-state index in [1.165, 1.54) is 18.2 Å². The zero-order valence-electron chi connectivity index (χ0n) is 9.45. The first-order valence-electron chi connectivity index (χ1n) is 5.13. The standard InChI is InChI=1S/C12H9BrFN3O/c1-7-8(13)5-6-11(15-7)17-12(18)9-3-2-4-10(14)16-9/h2-6H,1H3,(H,15,17,18). The molecule has 2 aromatic rings. The van der Waals surface area contributed by atoms with Gasteiger partial charge in [-0.1, -0.05) is 6.07 Å². The number of nitrogens with zero attached hydrogens (tertiary/aromatic N) is 2. The zero-order valence-corrected chi connectivity index (χ0v) is 11.0. The van der Waals surface area contributed by atoms with Crippen molar-refractivity contribution in [2.75, 3.05) is 5.32 Å². The summed E-state index contributed by atoms with van der Waals surface area (Å²) in [5, 5.41) is 2.55. The number of halogens is 2. The van der Waals surface area contributed by atoms with E-state index in [0.717, 1.165) is 10.2 Å². The van der Waals surface area contributed by atoms with Gasteiger partial charge in [-0.2, -0.15) is 4.39 Å². The lowest BCUT2D eigenvalue weighted by molar-refractivity contribution is 0.102. The second kappa shape index (κ2) is 5.22. The van der Waals surface area contributed by atoms with Crippen molar-refractivity contribution in [3.05, 3.63) is 52.1 Å². The second-order valence-electron chi connectivity index (χ2n) is 3.56. The van der Waals surface area contributed by atoms with Gasteiger partial charge in [-0.3, -0.25) is 4.79 Å². The predicted octanol–water partition coefficient (Wildman–Crippen LogP) is 2.94. The fourth-order valence-corrected chi connectivity index (χ4v) is 1.55. The van der Waals surface area contributed by atoms with Crippen LogP contribution in [-0.4, -0.2) is 15.9 Å². The molecule has 1 N–H and O–H groups in total. The van der Waals surface area contributed by atoms with Crippen LogP contribution in [0.2, 0.25) is 0 Å². The van der Waals surface area contributed by atoms with Crippen molar-refractivity contribution in [1.29, 1.82) is 0 Å². The van der Waals surface area contributed by atoms with Gasteiger partial charge in [0.05, 0.1) is 5.69 Å². The summed E-state index contributed by atoms with van der Waals surface area (Å²) in [6.45, 7) is 1.81. The number of carbonyl (C=O) groups is 1. The van der Waals surface area contributed by atoms with Gasteiger partial charge in [0.1, 0.15) is 11.5 Å². The lowest BCUT2D eigenvalue weighted by Gasteiger charge is -2.05. The Balaban J connectivity index is 2.18. The average molecular weight is 310 g/mol. The van der Waals surface area contributed by atoms with Gasteiger partial charge in [-0.05, 0) is 47.1 Å². The third kappa shape index (κ3) is 2.89. The van der Waals surface area contributed by atoms with Crippen molar-refractivity contribution >= 4 is 27.7 Å². The van der Waals surface area contributed by atoms with Crippen LogP contribution < -0.4 is 5.32 Å². The van der Waals surface area contributed by atoms with Gasteiger partial charge in [0.2, 0.25) is 5.95 Å². The number of anilines is 1. The lowest BCUT2D eigenvalue weighted by atomic mass is 10.3. The molecule has 0 aromatic carbocycles. The summed E-state index contributed by atoms with van der Waals surface area (Å²) in [6.07, 6.45) is 0. The maximum absolute atomic E-state index is 12.9. The molecule has 1 amide bonds. The Kier molecular flexibility index (Phi) is 3.66. The van der Waals surface area contributed by atoms with Crippen LogP contribution in [0, 0.1) is 12.9 Å². The maximum atomic E-state index is 12.9. The highest BCUT2D eigenvalue weighted by Crippen LogP contribution is 2.16. The van der Waals surface area contributed by atoms with Gasteiger partial charge in [0.15, 0.2) is 0 Å². The molecule has 0 saturated heterocycles. The highest BCUT2D eigenvalue weighted by atomic mass is 79.9. The lowest BCUT2D eigenvalue weighted by Crippen LogP contribution is -2.15. The van der Waals surface area contributed by atoms with Gasteiger partial charge in [0.25, 0.3) is 5.91 Å². The molecule has 0 aliphatic rings. The Bertz CT molecular complexity index is 604. The normalized spacial score (nSPS) is 10.2. The van der Waals surface area contributed by atoms with Crippen molar-refractivity contribution in [2.45, 2.75) is 6.92 Å². The molecule has 0 saturated carbocycles. The fourth-order valence-electron chi connectivity index (χ4n) is 1.33. The number of carbonyl (C=O) groups excluding carboxylic acids is 1. The number of hydrogen-bond acceptors (Lipinski definition) is 3. The Morgan fingerprint density at radius 3 is 2.72 bits per heavy atom. The van der Waals surface area contributed by atoms with Crippen molar-refractivity contribution in [2.24, 2.45) is 0 Å². The quantitative estimate of drug-likeness (QED) is 0.868. The molecule has 4 nitrogen and oxygen atoms in total. The van der Waals surface area contributed by atoms with Crippen molar-refractivity contribution in [1.82, 2.24) is 9.97 Å². The summed E-state index contributed by atoms with van der Waals surface area (Å²) in [6, 6.07) is 7.46. The molecule has 0 aliphatic carbocycles. The summed E-state index contributed by atoms with van der Waals surface area (Å²) in [5.41, 5.74) is 0.761. The third-order valence-electron chi connectivity index (χ3n) is 2.21. The smallest absolute Gasteiger partial charge is 0.275 e. The topological polar surface area (TPSA) is 54.9 Å². The molecule has 0 radical (unpaired) electrons. The molecule has 2 aromatic heterocycles. The molecule has 6 heteroatoms. The molecule has 0 aliphatic heterocycles. The molecule has 2 rings (SSSR count). The first-order chi connectivity index (χ1) is 8.56. The number of aryl methyl sites for hydroxylation is 1. The summed E-state index contributed by atoms with van der Waals surface area (Å²) < 4.78 is 13.7. The minimum absolute atomic E-state index is 0.0115. The van der Waals surface area contributed by atoms with Gasteiger partial charge in [-0.15, -0.1) is 0 Å². The molecular formula is C12H9BrFN3O. The van der Waals surface area contributed by atoms with Gasteiger partial charge < -0.3 is 5.32 Å². The molecule has 0 spiro atoms. The molecule has 92 valence electrons. The van der Waals surface area contributed by atoms with Crippen LogP contribution >= 0.6 is 15.9 Å². The van der Waals surface area contributed by atoms with E-state index in [9.17, 15) is 9.18 Å². The molecule has 0 atom stereocenters. The fraction of sp³-hybridized carbons (Fsp3) is 0.0833. The summed E-state index contributed by atoms with van der Waals surface area (Å²) in [5.74, 6) is -0.793. The van der Waals surface area contributed by atoms with E-state index >= 15 is 0 Å². The number of amides is 1.